The van der Waals surface area contributed by atoms with Gasteiger partial charge < -0.3 is 9.80 Å². The number of rotatable bonds is 6. The molecule has 0 aliphatic heterocycles. The van der Waals surface area contributed by atoms with Gasteiger partial charge in [-0.2, -0.15) is 0 Å². The molecule has 0 saturated heterocycles. The lowest BCUT2D eigenvalue weighted by Gasteiger charge is -2.33. The number of fused-ring (bicyclic) bond motifs is 20. The van der Waals surface area contributed by atoms with Crippen LogP contribution in [0.2, 0.25) is 0 Å². The molecule has 0 unspecified atom stereocenters. The van der Waals surface area contributed by atoms with Crippen LogP contribution in [-0.4, -0.2) is 0 Å². The lowest BCUT2D eigenvalue weighted by Crippen LogP contribution is -2.27. The molecule has 4 aliphatic carbocycles. The fourth-order valence-corrected chi connectivity index (χ4v) is 13.3. The van der Waals surface area contributed by atoms with E-state index in [0.717, 1.165) is 67.5 Å². The van der Waals surface area contributed by atoms with E-state index >= 15 is 0 Å². The SMILES string of the molecule is Fc1ccc(N(c2ccc(F)cc2)c2ccc3c(c2)C2(c4ccccc4-c4ccccc42)c2cc4c(cc2-3)C2(c3ccccc3-c3ccccc32)c2cc(N(c3ccc(F)cc3)c3ccc(F)cc3)ccc2-4)cc1. The standard InChI is InChI=1S/C68H40F4N2/c69-41-17-25-45(26-18-41)73(46-27-19-42(70)20-28-46)49-33-35-55-57-40-66-58(39-65(57)67(63(55)37-49)59-13-5-1-9-51(59)52-10-2-6-14-60(52)67)56-36-34-50(74(47-29-21-43(71)22-30-47)48-31-23-44(72)24-32-48)38-64(56)68(66)61-15-7-3-11-53(61)54-12-4-8-16-62(54)68/h1-40H. The fourth-order valence-electron chi connectivity index (χ4n) is 13.3. The summed E-state index contributed by atoms with van der Waals surface area (Å²) < 4.78 is 58.5. The number of nitrogens with zero attached hydrogens (tertiary/aromatic N) is 2. The average molecular weight is 961 g/mol. The normalized spacial score (nSPS) is 13.9. The molecule has 0 amide bonds. The highest BCUT2D eigenvalue weighted by Gasteiger charge is 2.56. The van der Waals surface area contributed by atoms with Crippen LogP contribution in [0.25, 0.3) is 44.5 Å². The summed E-state index contributed by atoms with van der Waals surface area (Å²) in [4.78, 5) is 4.14. The van der Waals surface area contributed by atoms with Crippen LogP contribution < -0.4 is 9.80 Å². The van der Waals surface area contributed by atoms with E-state index in [0.29, 0.717) is 0 Å². The first-order chi connectivity index (χ1) is 36.3. The van der Waals surface area contributed by atoms with Gasteiger partial charge in [0.2, 0.25) is 0 Å². The van der Waals surface area contributed by atoms with Crippen molar-refractivity contribution in [1.29, 1.82) is 0 Å². The lowest BCUT2D eigenvalue weighted by atomic mass is 9.68. The average Bonchev–Trinajstić information content (AvgIpc) is 4.15. The van der Waals surface area contributed by atoms with E-state index < -0.39 is 10.8 Å². The van der Waals surface area contributed by atoms with Crippen molar-refractivity contribution in [3.8, 4) is 44.5 Å². The first-order valence-electron chi connectivity index (χ1n) is 24.8. The second-order valence-corrected chi connectivity index (χ2v) is 19.7. The van der Waals surface area contributed by atoms with E-state index in [9.17, 15) is 17.6 Å². The molecule has 0 fully saturated rings. The minimum atomic E-state index is -0.760. The second-order valence-electron chi connectivity index (χ2n) is 19.7. The Hall–Kier alpha value is -9.26. The molecule has 2 spiro atoms. The van der Waals surface area contributed by atoms with E-state index in [1.807, 2.05) is 0 Å². The van der Waals surface area contributed by atoms with Gasteiger partial charge >= 0.3 is 0 Å². The summed E-state index contributed by atoms with van der Waals surface area (Å²) in [6.45, 7) is 0. The highest BCUT2D eigenvalue weighted by atomic mass is 19.1. The van der Waals surface area contributed by atoms with Crippen LogP contribution in [0, 0.1) is 23.3 Å². The van der Waals surface area contributed by atoms with Gasteiger partial charge in [-0.25, -0.2) is 17.6 Å². The van der Waals surface area contributed by atoms with Crippen molar-refractivity contribution >= 4 is 34.1 Å². The van der Waals surface area contributed by atoms with Gasteiger partial charge in [0.15, 0.2) is 0 Å². The molecular weight excluding hydrogens is 921 g/mol. The van der Waals surface area contributed by atoms with E-state index in [2.05, 4.69) is 155 Å². The Balaban J connectivity index is 1.03. The van der Waals surface area contributed by atoms with E-state index in [4.69, 9.17) is 0 Å². The summed E-state index contributed by atoms with van der Waals surface area (Å²) >= 11 is 0. The number of hydrogen-bond donors (Lipinski definition) is 0. The van der Waals surface area contributed by atoms with Crippen LogP contribution in [-0.2, 0) is 10.8 Å². The quantitative estimate of drug-likeness (QED) is 0.153. The van der Waals surface area contributed by atoms with Gasteiger partial charge in [0, 0.05) is 34.1 Å². The smallest absolute Gasteiger partial charge is 0.123 e. The summed E-state index contributed by atoms with van der Waals surface area (Å²) in [7, 11) is 0. The first kappa shape index (κ1) is 42.4. The summed E-state index contributed by atoms with van der Waals surface area (Å²) in [5.74, 6) is -1.37. The van der Waals surface area contributed by atoms with Crippen LogP contribution in [0.15, 0.2) is 243 Å². The van der Waals surface area contributed by atoms with Crippen molar-refractivity contribution in [1.82, 2.24) is 0 Å². The molecule has 0 radical (unpaired) electrons. The van der Waals surface area contributed by atoms with E-state index in [-0.39, 0.29) is 23.3 Å². The zero-order valence-electron chi connectivity index (χ0n) is 39.5. The van der Waals surface area contributed by atoms with E-state index in [1.165, 1.54) is 104 Å². The summed E-state index contributed by atoms with van der Waals surface area (Å²) in [6.07, 6.45) is 0. The number of hydrogen-bond acceptors (Lipinski definition) is 2. The highest BCUT2D eigenvalue weighted by molar-refractivity contribution is 6.02. The minimum absolute atomic E-state index is 0.343. The molecule has 2 nitrogen and oxygen atoms in total. The van der Waals surface area contributed by atoms with Gasteiger partial charge in [-0.1, -0.05) is 109 Å². The molecule has 350 valence electrons. The van der Waals surface area contributed by atoms with Crippen LogP contribution in [0.3, 0.4) is 0 Å². The summed E-state index contributed by atoms with van der Waals surface area (Å²) in [5, 5.41) is 0. The fraction of sp³-hybridized carbons (Fsp3) is 0.0294. The maximum atomic E-state index is 14.6. The molecule has 0 bridgehead atoms. The number of halogens is 4. The molecule has 0 saturated carbocycles. The van der Waals surface area contributed by atoms with Crippen molar-refractivity contribution in [3.63, 3.8) is 0 Å². The molecule has 11 aromatic rings. The molecule has 0 heterocycles. The summed E-state index contributed by atoms with van der Waals surface area (Å²) in [6, 6.07) is 79.0. The van der Waals surface area contributed by atoms with Gasteiger partial charge in [-0.3, -0.25) is 0 Å². The Bertz CT molecular complexity index is 3670. The van der Waals surface area contributed by atoms with Crippen LogP contribution in [0.4, 0.5) is 51.7 Å². The van der Waals surface area contributed by atoms with Crippen molar-refractivity contribution < 1.29 is 17.6 Å². The highest BCUT2D eigenvalue weighted by Crippen LogP contribution is 2.68. The predicted octanol–water partition coefficient (Wildman–Crippen LogP) is 17.9. The Morgan fingerprint density at radius 3 is 0.716 bits per heavy atom. The first-order valence-corrected chi connectivity index (χ1v) is 24.8. The molecule has 0 atom stereocenters. The lowest BCUT2D eigenvalue weighted by molar-refractivity contribution is 0.627. The van der Waals surface area contributed by atoms with Gasteiger partial charge in [-0.05, 0) is 222 Å². The van der Waals surface area contributed by atoms with Crippen molar-refractivity contribution in [2.45, 2.75) is 10.8 Å². The molecule has 11 aromatic carbocycles. The maximum Gasteiger partial charge on any atom is 0.123 e. The maximum absolute atomic E-state index is 14.6. The topological polar surface area (TPSA) is 6.48 Å². The van der Waals surface area contributed by atoms with Crippen molar-refractivity contribution in [2.24, 2.45) is 0 Å². The minimum Gasteiger partial charge on any atom is -0.310 e. The third-order valence-corrected chi connectivity index (χ3v) is 16.1. The van der Waals surface area contributed by atoms with Crippen molar-refractivity contribution in [2.75, 3.05) is 9.80 Å². The second kappa shape index (κ2) is 15.6. The van der Waals surface area contributed by atoms with Crippen LogP contribution in [0.1, 0.15) is 44.5 Å². The number of benzene rings is 11. The van der Waals surface area contributed by atoms with Gasteiger partial charge in [0.1, 0.15) is 23.3 Å². The molecule has 6 heteroatoms. The molecule has 74 heavy (non-hydrogen) atoms. The molecule has 15 rings (SSSR count). The predicted molar refractivity (Wildman–Crippen MR) is 288 cm³/mol. The Kier molecular flexibility index (Phi) is 8.95. The Morgan fingerprint density at radius 1 is 0.203 bits per heavy atom. The zero-order valence-corrected chi connectivity index (χ0v) is 39.5. The molecule has 4 aliphatic rings. The van der Waals surface area contributed by atoms with Gasteiger partial charge in [-0.15, -0.1) is 0 Å². The monoisotopic (exact) mass is 960 g/mol. The zero-order chi connectivity index (χ0) is 49.5. The Labute approximate surface area is 425 Å². The van der Waals surface area contributed by atoms with Crippen LogP contribution >= 0.6 is 0 Å². The van der Waals surface area contributed by atoms with Crippen LogP contribution in [0.5, 0.6) is 0 Å². The molecule has 0 N–H and O–H groups in total. The molecule has 0 aromatic heterocycles. The number of anilines is 6. The third-order valence-electron chi connectivity index (χ3n) is 16.1. The third kappa shape index (κ3) is 5.71. The van der Waals surface area contributed by atoms with Gasteiger partial charge in [0.25, 0.3) is 0 Å². The van der Waals surface area contributed by atoms with Crippen molar-refractivity contribution in [3.05, 3.63) is 310 Å². The Morgan fingerprint density at radius 2 is 0.432 bits per heavy atom. The largest absolute Gasteiger partial charge is 0.310 e. The summed E-state index contributed by atoms with van der Waals surface area (Å²) in [5.41, 5.74) is 21.6. The van der Waals surface area contributed by atoms with Gasteiger partial charge in [0.05, 0.1) is 10.8 Å². The van der Waals surface area contributed by atoms with E-state index in [1.54, 1.807) is 48.5 Å². The molecular formula is C68H40F4N2.